The van der Waals surface area contributed by atoms with Crippen LogP contribution >= 0.6 is 50.5 Å². The lowest BCUT2D eigenvalue weighted by Gasteiger charge is -2.07. The largest absolute Gasteiger partial charge is 0.397 e. The van der Waals surface area contributed by atoms with E-state index in [0.717, 1.165) is 8.66 Å². The Morgan fingerprint density at radius 2 is 2.11 bits per heavy atom. The van der Waals surface area contributed by atoms with Crippen molar-refractivity contribution in [2.75, 3.05) is 5.73 Å². The predicted molar refractivity (Wildman–Crippen MR) is 84.1 cm³/mol. The molecule has 0 aliphatic carbocycles. The van der Waals surface area contributed by atoms with Crippen molar-refractivity contribution in [2.45, 2.75) is 6.54 Å². The molecule has 0 saturated carbocycles. The quantitative estimate of drug-likeness (QED) is 0.779. The molecule has 1 aromatic carbocycles. The Kier molecular flexibility index (Phi) is 4.73. The van der Waals surface area contributed by atoms with E-state index in [1.807, 2.05) is 12.1 Å². The lowest BCUT2D eigenvalue weighted by atomic mass is 10.2. The molecular weight excluding hydrogens is 371 g/mol. The molecule has 7 heteroatoms. The van der Waals surface area contributed by atoms with Gasteiger partial charge in [-0.25, -0.2) is 0 Å². The van der Waals surface area contributed by atoms with Gasteiger partial charge in [-0.3, -0.25) is 4.79 Å². The van der Waals surface area contributed by atoms with E-state index in [-0.39, 0.29) is 21.6 Å². The maximum absolute atomic E-state index is 12.0. The fourth-order valence-corrected chi connectivity index (χ4v) is 3.22. The van der Waals surface area contributed by atoms with Gasteiger partial charge in [0.1, 0.15) is 0 Å². The highest BCUT2D eigenvalue weighted by Crippen LogP contribution is 2.29. The second-order valence-corrected chi connectivity index (χ2v) is 7.08. The smallest absolute Gasteiger partial charge is 0.251 e. The molecule has 0 saturated heterocycles. The predicted octanol–water partition coefficient (Wildman–Crippen LogP) is 4.33. The highest BCUT2D eigenvalue weighted by atomic mass is 79.9. The molecule has 2 rings (SSSR count). The zero-order valence-corrected chi connectivity index (χ0v) is 13.5. The number of nitrogen functional groups attached to an aromatic ring is 1. The Balaban J connectivity index is 2.08. The summed E-state index contributed by atoms with van der Waals surface area (Å²) in [4.78, 5) is 13.0. The van der Waals surface area contributed by atoms with Gasteiger partial charge >= 0.3 is 0 Å². The van der Waals surface area contributed by atoms with Gasteiger partial charge in [-0.2, -0.15) is 0 Å². The van der Waals surface area contributed by atoms with E-state index in [2.05, 4.69) is 21.2 Å². The molecule has 3 N–H and O–H groups in total. The van der Waals surface area contributed by atoms with E-state index < -0.39 is 0 Å². The molecule has 0 radical (unpaired) electrons. The van der Waals surface area contributed by atoms with E-state index >= 15 is 0 Å². The first kappa shape index (κ1) is 14.7. The fourth-order valence-electron chi connectivity index (χ4n) is 1.46. The molecule has 0 unspecified atom stereocenters. The number of nitrogens with one attached hydrogen (secondary N) is 1. The number of benzene rings is 1. The normalized spacial score (nSPS) is 10.5. The molecule has 1 amide bonds. The first-order valence-electron chi connectivity index (χ1n) is 5.24. The summed E-state index contributed by atoms with van der Waals surface area (Å²) in [6, 6.07) is 6.88. The van der Waals surface area contributed by atoms with Gasteiger partial charge in [0.2, 0.25) is 0 Å². The van der Waals surface area contributed by atoms with Crippen LogP contribution < -0.4 is 11.1 Å². The fraction of sp³-hybridized carbons (Fsp3) is 0.0833. The van der Waals surface area contributed by atoms with Crippen molar-refractivity contribution in [1.82, 2.24) is 5.32 Å². The topological polar surface area (TPSA) is 55.1 Å². The average Bonchev–Trinajstić information content (AvgIpc) is 2.78. The standard InChI is InChI=1S/C12H9BrCl2N2OS/c13-10-2-1-7(19-10)5-17-12(18)6-3-8(14)11(15)9(16)4-6/h1-4H,5,16H2,(H,17,18). The monoisotopic (exact) mass is 378 g/mol. The first-order chi connectivity index (χ1) is 8.97. The third-order valence-electron chi connectivity index (χ3n) is 2.37. The molecule has 0 fully saturated rings. The number of thiophene rings is 1. The van der Waals surface area contributed by atoms with Crippen LogP contribution in [0.4, 0.5) is 5.69 Å². The molecular formula is C12H9BrCl2N2OS. The molecule has 0 aliphatic rings. The Hall–Kier alpha value is -0.750. The minimum absolute atomic E-state index is 0.241. The van der Waals surface area contributed by atoms with Crippen LogP contribution in [0.1, 0.15) is 15.2 Å². The van der Waals surface area contributed by atoms with Crippen molar-refractivity contribution in [3.05, 3.63) is 48.5 Å². The SMILES string of the molecule is Nc1cc(C(=O)NCc2ccc(Br)s2)cc(Cl)c1Cl. The Morgan fingerprint density at radius 1 is 1.37 bits per heavy atom. The maximum Gasteiger partial charge on any atom is 0.251 e. The van der Waals surface area contributed by atoms with E-state index in [0.29, 0.717) is 12.1 Å². The lowest BCUT2D eigenvalue weighted by molar-refractivity contribution is 0.0951. The number of hydrogen-bond donors (Lipinski definition) is 2. The summed E-state index contributed by atoms with van der Waals surface area (Å²) in [5.74, 6) is -0.241. The first-order valence-corrected chi connectivity index (χ1v) is 7.61. The van der Waals surface area contributed by atoms with Crippen molar-refractivity contribution in [3.8, 4) is 0 Å². The van der Waals surface area contributed by atoms with E-state index in [4.69, 9.17) is 28.9 Å². The van der Waals surface area contributed by atoms with Crippen molar-refractivity contribution in [2.24, 2.45) is 0 Å². The summed E-state index contributed by atoms with van der Waals surface area (Å²) < 4.78 is 1.02. The van der Waals surface area contributed by atoms with Gasteiger partial charge in [-0.15, -0.1) is 11.3 Å². The highest BCUT2D eigenvalue weighted by Gasteiger charge is 2.11. The molecule has 0 bridgehead atoms. The van der Waals surface area contributed by atoms with Crippen LogP contribution in [0, 0.1) is 0 Å². The summed E-state index contributed by atoms with van der Waals surface area (Å²) in [6.45, 7) is 0.454. The number of rotatable bonds is 3. The summed E-state index contributed by atoms with van der Waals surface area (Å²) in [5, 5.41) is 3.33. The number of anilines is 1. The summed E-state index contributed by atoms with van der Waals surface area (Å²) in [7, 11) is 0. The van der Waals surface area contributed by atoms with Crippen molar-refractivity contribution < 1.29 is 4.79 Å². The van der Waals surface area contributed by atoms with Gasteiger partial charge in [0, 0.05) is 10.4 Å². The Morgan fingerprint density at radius 3 is 2.68 bits per heavy atom. The second kappa shape index (κ2) is 6.13. The zero-order valence-electron chi connectivity index (χ0n) is 9.54. The molecule has 100 valence electrons. The third-order valence-corrected chi connectivity index (χ3v) is 4.81. The molecule has 19 heavy (non-hydrogen) atoms. The van der Waals surface area contributed by atoms with Gasteiger partial charge in [-0.05, 0) is 40.2 Å². The number of nitrogens with two attached hydrogens (primary N) is 1. The highest BCUT2D eigenvalue weighted by molar-refractivity contribution is 9.11. The molecule has 1 aromatic heterocycles. The van der Waals surface area contributed by atoms with Crippen molar-refractivity contribution >= 4 is 62.1 Å². The summed E-state index contributed by atoms with van der Waals surface area (Å²) >= 11 is 16.7. The average molecular weight is 380 g/mol. The zero-order chi connectivity index (χ0) is 14.0. The van der Waals surface area contributed by atoms with Crippen LogP contribution in [0.25, 0.3) is 0 Å². The van der Waals surface area contributed by atoms with Crippen LogP contribution in [0.2, 0.25) is 10.0 Å². The molecule has 2 aromatic rings. The number of halogens is 3. The van der Waals surface area contributed by atoms with Gasteiger partial charge in [0.05, 0.1) is 26.1 Å². The van der Waals surface area contributed by atoms with E-state index in [1.165, 1.54) is 12.1 Å². The second-order valence-electron chi connectivity index (χ2n) is 3.75. The number of hydrogen-bond acceptors (Lipinski definition) is 3. The minimum atomic E-state index is -0.241. The van der Waals surface area contributed by atoms with Crippen molar-refractivity contribution in [1.29, 1.82) is 0 Å². The van der Waals surface area contributed by atoms with Crippen LogP contribution in [-0.4, -0.2) is 5.91 Å². The van der Waals surface area contributed by atoms with Crippen molar-refractivity contribution in [3.63, 3.8) is 0 Å². The molecule has 0 spiro atoms. The molecule has 0 atom stereocenters. The van der Waals surface area contributed by atoms with Crippen LogP contribution in [0.15, 0.2) is 28.1 Å². The molecule has 1 heterocycles. The van der Waals surface area contributed by atoms with Crippen LogP contribution in [-0.2, 0) is 6.54 Å². The van der Waals surface area contributed by atoms with Gasteiger partial charge in [0.15, 0.2) is 0 Å². The molecule has 0 aliphatic heterocycles. The van der Waals surface area contributed by atoms with Gasteiger partial charge in [0.25, 0.3) is 5.91 Å². The number of carbonyl (C=O) groups is 1. The maximum atomic E-state index is 12.0. The lowest BCUT2D eigenvalue weighted by Crippen LogP contribution is -2.22. The third kappa shape index (κ3) is 3.63. The van der Waals surface area contributed by atoms with E-state index in [1.54, 1.807) is 11.3 Å². The Bertz CT molecular complexity index is 607. The van der Waals surface area contributed by atoms with Gasteiger partial charge < -0.3 is 11.1 Å². The van der Waals surface area contributed by atoms with Crippen LogP contribution in [0.3, 0.4) is 0 Å². The van der Waals surface area contributed by atoms with Crippen LogP contribution in [0.5, 0.6) is 0 Å². The summed E-state index contributed by atoms with van der Waals surface area (Å²) in [5.41, 5.74) is 6.35. The Labute approximate surface area is 132 Å². The summed E-state index contributed by atoms with van der Waals surface area (Å²) in [6.07, 6.45) is 0. The molecule has 3 nitrogen and oxygen atoms in total. The number of carbonyl (C=O) groups excluding carboxylic acids is 1. The van der Waals surface area contributed by atoms with E-state index in [9.17, 15) is 4.79 Å². The van der Waals surface area contributed by atoms with Gasteiger partial charge in [-0.1, -0.05) is 23.2 Å². The minimum Gasteiger partial charge on any atom is -0.397 e. The number of amides is 1.